The predicted molar refractivity (Wildman–Crippen MR) is 57.0 cm³/mol. The van der Waals surface area contributed by atoms with Crippen LogP contribution in [0, 0.1) is 0 Å². The van der Waals surface area contributed by atoms with Crippen molar-refractivity contribution in [2.45, 2.75) is 24.6 Å². The van der Waals surface area contributed by atoms with Crippen LogP contribution in [0.15, 0.2) is 0 Å². The van der Waals surface area contributed by atoms with Crippen LogP contribution in [0.2, 0.25) is 0 Å². The zero-order valence-corrected chi connectivity index (χ0v) is 9.36. The highest BCUT2D eigenvalue weighted by atomic mass is 32.2. The van der Waals surface area contributed by atoms with Gasteiger partial charge < -0.3 is 10.2 Å². The first kappa shape index (κ1) is 10.9. The fraction of sp³-hybridized carbons (Fsp3) is 0.889. The summed E-state index contributed by atoms with van der Waals surface area (Å²) in [6, 6.07) is 0.531. The summed E-state index contributed by atoms with van der Waals surface area (Å²) < 4.78 is 0. The van der Waals surface area contributed by atoms with E-state index in [-0.39, 0.29) is 5.91 Å². The van der Waals surface area contributed by atoms with Gasteiger partial charge in [0.25, 0.3) is 0 Å². The maximum Gasteiger partial charge on any atom is 0.236 e. The molecule has 1 N–H and O–H groups in total. The van der Waals surface area contributed by atoms with Crippen molar-refractivity contribution in [3.63, 3.8) is 0 Å². The zero-order chi connectivity index (χ0) is 9.84. The Labute approximate surface area is 84.2 Å². The first-order valence-electron chi connectivity index (χ1n) is 4.64. The van der Waals surface area contributed by atoms with Crippen LogP contribution >= 0.6 is 11.8 Å². The van der Waals surface area contributed by atoms with E-state index in [0.717, 1.165) is 11.0 Å². The molecular formula is C9H18N2OS. The molecule has 76 valence electrons. The second-order valence-electron chi connectivity index (χ2n) is 3.75. The van der Waals surface area contributed by atoms with Crippen LogP contribution in [0.3, 0.4) is 0 Å². The SMILES string of the molecule is CC1CC(NCC(=O)N(C)C)CS1. The molecule has 1 aliphatic heterocycles. The first-order valence-corrected chi connectivity index (χ1v) is 5.69. The van der Waals surface area contributed by atoms with Gasteiger partial charge >= 0.3 is 0 Å². The Balaban J connectivity index is 2.16. The van der Waals surface area contributed by atoms with Crippen molar-refractivity contribution in [2.75, 3.05) is 26.4 Å². The van der Waals surface area contributed by atoms with Gasteiger partial charge in [0, 0.05) is 31.1 Å². The highest BCUT2D eigenvalue weighted by molar-refractivity contribution is 8.00. The molecule has 0 aromatic heterocycles. The van der Waals surface area contributed by atoms with Crippen LogP contribution in [0.5, 0.6) is 0 Å². The Hall–Kier alpha value is -0.220. The number of nitrogens with zero attached hydrogens (tertiary/aromatic N) is 1. The normalized spacial score (nSPS) is 27.6. The van der Waals surface area contributed by atoms with E-state index in [1.807, 2.05) is 11.8 Å². The molecule has 13 heavy (non-hydrogen) atoms. The average Bonchev–Trinajstić information content (AvgIpc) is 2.47. The van der Waals surface area contributed by atoms with Gasteiger partial charge in [-0.25, -0.2) is 0 Å². The van der Waals surface area contributed by atoms with Crippen molar-refractivity contribution in [3.05, 3.63) is 0 Å². The summed E-state index contributed by atoms with van der Waals surface area (Å²) in [6.45, 7) is 2.71. The summed E-state index contributed by atoms with van der Waals surface area (Å²) in [7, 11) is 3.58. The minimum atomic E-state index is 0.157. The smallest absolute Gasteiger partial charge is 0.236 e. The molecule has 4 heteroatoms. The zero-order valence-electron chi connectivity index (χ0n) is 8.54. The van der Waals surface area contributed by atoms with Crippen LogP contribution in [-0.4, -0.2) is 48.5 Å². The van der Waals surface area contributed by atoms with Crippen LogP contribution in [0.1, 0.15) is 13.3 Å². The van der Waals surface area contributed by atoms with E-state index in [2.05, 4.69) is 12.2 Å². The molecule has 1 saturated heterocycles. The molecule has 1 aliphatic rings. The van der Waals surface area contributed by atoms with Gasteiger partial charge in [-0.05, 0) is 6.42 Å². The molecule has 0 aromatic carbocycles. The molecule has 1 amide bonds. The Morgan fingerprint density at radius 1 is 1.62 bits per heavy atom. The van der Waals surface area contributed by atoms with E-state index in [0.29, 0.717) is 12.6 Å². The summed E-state index contributed by atoms with van der Waals surface area (Å²) in [6.07, 6.45) is 1.19. The van der Waals surface area contributed by atoms with E-state index in [1.54, 1.807) is 19.0 Å². The van der Waals surface area contributed by atoms with Gasteiger partial charge in [-0.2, -0.15) is 11.8 Å². The Morgan fingerprint density at radius 3 is 2.77 bits per heavy atom. The largest absolute Gasteiger partial charge is 0.348 e. The average molecular weight is 202 g/mol. The molecule has 1 heterocycles. The first-order chi connectivity index (χ1) is 6.09. The Morgan fingerprint density at radius 2 is 2.31 bits per heavy atom. The molecule has 2 unspecified atom stereocenters. The highest BCUT2D eigenvalue weighted by Crippen LogP contribution is 2.25. The van der Waals surface area contributed by atoms with Gasteiger partial charge in [-0.15, -0.1) is 0 Å². The van der Waals surface area contributed by atoms with Gasteiger partial charge in [0.15, 0.2) is 0 Å². The van der Waals surface area contributed by atoms with Gasteiger partial charge in [-0.1, -0.05) is 6.92 Å². The number of carbonyl (C=O) groups excluding carboxylic acids is 1. The van der Waals surface area contributed by atoms with Crippen LogP contribution in [0.4, 0.5) is 0 Å². The minimum absolute atomic E-state index is 0.157. The molecular weight excluding hydrogens is 184 g/mol. The molecule has 1 rings (SSSR count). The number of likely N-dealkylation sites (N-methyl/N-ethyl adjacent to an activating group) is 1. The van der Waals surface area contributed by atoms with E-state index in [9.17, 15) is 4.79 Å². The van der Waals surface area contributed by atoms with Crippen molar-refractivity contribution in [1.29, 1.82) is 0 Å². The lowest BCUT2D eigenvalue weighted by Gasteiger charge is -2.14. The Bertz CT molecular complexity index is 184. The number of hydrogen-bond donors (Lipinski definition) is 1. The summed E-state index contributed by atoms with van der Waals surface area (Å²) in [4.78, 5) is 12.9. The van der Waals surface area contributed by atoms with E-state index < -0.39 is 0 Å². The number of thioether (sulfide) groups is 1. The maximum absolute atomic E-state index is 11.2. The summed E-state index contributed by atoms with van der Waals surface area (Å²) in [5.41, 5.74) is 0. The number of hydrogen-bond acceptors (Lipinski definition) is 3. The Kier molecular flexibility index (Phi) is 4.06. The molecule has 0 bridgehead atoms. The molecule has 1 fully saturated rings. The third-order valence-corrected chi connectivity index (χ3v) is 3.60. The van der Waals surface area contributed by atoms with Crippen LogP contribution < -0.4 is 5.32 Å². The quantitative estimate of drug-likeness (QED) is 0.726. The number of rotatable bonds is 3. The number of carbonyl (C=O) groups is 1. The topological polar surface area (TPSA) is 32.3 Å². The van der Waals surface area contributed by atoms with Gasteiger partial charge in [0.1, 0.15) is 0 Å². The van der Waals surface area contributed by atoms with Gasteiger partial charge in [0.2, 0.25) is 5.91 Å². The molecule has 0 spiro atoms. The monoisotopic (exact) mass is 202 g/mol. The molecule has 0 saturated carbocycles. The van der Waals surface area contributed by atoms with Crippen molar-refractivity contribution in [2.24, 2.45) is 0 Å². The molecule has 3 nitrogen and oxygen atoms in total. The molecule has 0 aromatic rings. The van der Waals surface area contributed by atoms with Crippen molar-refractivity contribution in [3.8, 4) is 0 Å². The summed E-state index contributed by atoms with van der Waals surface area (Å²) in [5, 5.41) is 4.02. The second kappa shape index (κ2) is 4.86. The van der Waals surface area contributed by atoms with Crippen molar-refractivity contribution < 1.29 is 4.79 Å². The van der Waals surface area contributed by atoms with E-state index in [1.165, 1.54) is 6.42 Å². The van der Waals surface area contributed by atoms with E-state index >= 15 is 0 Å². The predicted octanol–water partition coefficient (Wildman–Crippen LogP) is 0.558. The van der Waals surface area contributed by atoms with E-state index in [4.69, 9.17) is 0 Å². The third kappa shape index (κ3) is 3.56. The molecule has 0 radical (unpaired) electrons. The number of amides is 1. The summed E-state index contributed by atoms with van der Waals surface area (Å²) in [5.74, 6) is 1.30. The van der Waals surface area contributed by atoms with Gasteiger partial charge in [0.05, 0.1) is 6.54 Å². The van der Waals surface area contributed by atoms with Crippen LogP contribution in [-0.2, 0) is 4.79 Å². The van der Waals surface area contributed by atoms with Crippen molar-refractivity contribution >= 4 is 17.7 Å². The summed E-state index contributed by atoms with van der Waals surface area (Å²) >= 11 is 1.98. The lowest BCUT2D eigenvalue weighted by Crippen LogP contribution is -2.38. The third-order valence-electron chi connectivity index (χ3n) is 2.24. The standard InChI is InChI=1S/C9H18N2OS/c1-7-4-8(6-13-7)10-5-9(12)11(2)3/h7-8,10H,4-6H2,1-3H3. The highest BCUT2D eigenvalue weighted by Gasteiger charge is 2.21. The number of nitrogens with one attached hydrogen (secondary N) is 1. The lowest BCUT2D eigenvalue weighted by molar-refractivity contribution is -0.127. The maximum atomic E-state index is 11.2. The fourth-order valence-electron chi connectivity index (χ4n) is 1.35. The van der Waals surface area contributed by atoms with Gasteiger partial charge in [-0.3, -0.25) is 4.79 Å². The minimum Gasteiger partial charge on any atom is -0.348 e. The fourth-order valence-corrected chi connectivity index (χ4v) is 2.53. The van der Waals surface area contributed by atoms with Crippen LogP contribution in [0.25, 0.3) is 0 Å². The van der Waals surface area contributed by atoms with Crippen molar-refractivity contribution in [1.82, 2.24) is 10.2 Å². The molecule has 2 atom stereocenters. The second-order valence-corrected chi connectivity index (χ2v) is 5.22. The molecule has 0 aliphatic carbocycles. The lowest BCUT2D eigenvalue weighted by atomic mass is 10.2.